The average molecular weight is 235 g/mol. The zero-order valence-corrected chi connectivity index (χ0v) is 9.90. The van der Waals surface area contributed by atoms with Gasteiger partial charge in [-0.2, -0.15) is 0 Å². The highest BCUT2D eigenvalue weighted by molar-refractivity contribution is 5.90. The number of aryl methyl sites for hydroxylation is 1. The summed E-state index contributed by atoms with van der Waals surface area (Å²) in [5.41, 5.74) is 8.11. The van der Waals surface area contributed by atoms with Gasteiger partial charge in [0.2, 0.25) is 0 Å². The molecule has 1 heterocycles. The van der Waals surface area contributed by atoms with Gasteiger partial charge in [-0.1, -0.05) is 6.07 Å². The monoisotopic (exact) mass is 235 g/mol. The molecule has 0 saturated carbocycles. The Morgan fingerprint density at radius 3 is 2.82 bits per heavy atom. The number of nitrogens with one attached hydrogen (secondary N) is 1. The van der Waals surface area contributed by atoms with Crippen molar-refractivity contribution >= 4 is 17.4 Å². The van der Waals surface area contributed by atoms with Crippen LogP contribution in [0.1, 0.15) is 5.56 Å². The smallest absolute Gasteiger partial charge is 0.322 e. The Morgan fingerprint density at radius 1 is 1.41 bits per heavy atom. The molecule has 17 heavy (non-hydrogen) atoms. The first-order valence-electron chi connectivity index (χ1n) is 5.66. The van der Waals surface area contributed by atoms with E-state index in [-0.39, 0.29) is 6.03 Å². The van der Waals surface area contributed by atoms with Crippen LogP contribution in [0.2, 0.25) is 0 Å². The van der Waals surface area contributed by atoms with Crippen LogP contribution < -0.4 is 11.1 Å². The third kappa shape index (κ3) is 2.88. The van der Waals surface area contributed by atoms with Crippen molar-refractivity contribution in [3.63, 3.8) is 0 Å². The minimum Gasteiger partial charge on any atom is -0.399 e. The van der Waals surface area contributed by atoms with Gasteiger partial charge in [-0.05, 0) is 24.6 Å². The number of nitrogens with two attached hydrogens (primary N) is 1. The van der Waals surface area contributed by atoms with Crippen molar-refractivity contribution in [3.05, 3.63) is 23.8 Å². The van der Waals surface area contributed by atoms with Crippen LogP contribution in [0.4, 0.5) is 16.2 Å². The van der Waals surface area contributed by atoms with Crippen LogP contribution >= 0.6 is 0 Å². The molecule has 0 radical (unpaired) electrons. The van der Waals surface area contributed by atoms with E-state index >= 15 is 0 Å². The van der Waals surface area contributed by atoms with E-state index in [4.69, 9.17) is 10.5 Å². The molecule has 1 saturated heterocycles. The molecule has 1 aromatic carbocycles. The summed E-state index contributed by atoms with van der Waals surface area (Å²) in [6, 6.07) is 5.39. The van der Waals surface area contributed by atoms with E-state index in [1.165, 1.54) is 0 Å². The van der Waals surface area contributed by atoms with Gasteiger partial charge in [0.1, 0.15) is 0 Å². The highest BCUT2D eigenvalue weighted by Gasteiger charge is 2.17. The number of ether oxygens (including phenoxy) is 1. The Bertz CT molecular complexity index is 414. The van der Waals surface area contributed by atoms with Crippen molar-refractivity contribution < 1.29 is 9.53 Å². The van der Waals surface area contributed by atoms with Gasteiger partial charge < -0.3 is 20.7 Å². The predicted molar refractivity (Wildman–Crippen MR) is 67.0 cm³/mol. The first-order valence-corrected chi connectivity index (χ1v) is 5.66. The number of carbonyl (C=O) groups excluding carboxylic acids is 1. The van der Waals surface area contributed by atoms with Crippen molar-refractivity contribution in [2.24, 2.45) is 0 Å². The standard InChI is InChI=1S/C12H17N3O2/c1-9-2-3-10(13)8-11(9)14-12(16)15-4-6-17-7-5-15/h2-3,8H,4-7,13H2,1H3,(H,14,16). The Kier molecular flexibility index (Phi) is 3.49. The van der Waals surface area contributed by atoms with Gasteiger partial charge in [0.15, 0.2) is 0 Å². The minimum absolute atomic E-state index is 0.0954. The highest BCUT2D eigenvalue weighted by Crippen LogP contribution is 2.18. The van der Waals surface area contributed by atoms with Crippen molar-refractivity contribution in [2.75, 3.05) is 37.4 Å². The molecule has 0 atom stereocenters. The third-order valence-corrected chi connectivity index (χ3v) is 2.80. The topological polar surface area (TPSA) is 67.6 Å². The molecule has 0 aliphatic carbocycles. The second-order valence-corrected chi connectivity index (χ2v) is 4.10. The zero-order valence-electron chi connectivity index (χ0n) is 9.90. The second kappa shape index (κ2) is 5.05. The zero-order chi connectivity index (χ0) is 12.3. The Morgan fingerprint density at radius 2 is 2.12 bits per heavy atom. The number of nitrogens with zero attached hydrogens (tertiary/aromatic N) is 1. The third-order valence-electron chi connectivity index (χ3n) is 2.80. The van der Waals surface area contributed by atoms with Crippen molar-refractivity contribution in [1.29, 1.82) is 0 Å². The predicted octanol–water partition coefficient (Wildman–Crippen LogP) is 1.44. The molecule has 1 aliphatic heterocycles. The molecule has 2 rings (SSSR count). The molecule has 3 N–H and O–H groups in total. The summed E-state index contributed by atoms with van der Waals surface area (Å²) < 4.78 is 5.20. The lowest BCUT2D eigenvalue weighted by molar-refractivity contribution is 0.0564. The molecular weight excluding hydrogens is 218 g/mol. The second-order valence-electron chi connectivity index (χ2n) is 4.10. The maximum Gasteiger partial charge on any atom is 0.322 e. The summed E-state index contributed by atoms with van der Waals surface area (Å²) in [5, 5.41) is 2.87. The molecule has 1 aliphatic rings. The number of urea groups is 1. The number of rotatable bonds is 1. The summed E-state index contributed by atoms with van der Waals surface area (Å²) in [6.45, 7) is 4.40. The number of morpholine rings is 1. The van der Waals surface area contributed by atoms with Crippen molar-refractivity contribution in [2.45, 2.75) is 6.92 Å². The lowest BCUT2D eigenvalue weighted by atomic mass is 10.2. The summed E-state index contributed by atoms with van der Waals surface area (Å²) in [6.07, 6.45) is 0. The van der Waals surface area contributed by atoms with Gasteiger partial charge in [-0.15, -0.1) is 0 Å². The van der Waals surface area contributed by atoms with E-state index in [0.717, 1.165) is 11.3 Å². The van der Waals surface area contributed by atoms with E-state index in [2.05, 4.69) is 5.32 Å². The fourth-order valence-electron chi connectivity index (χ4n) is 1.73. The average Bonchev–Trinajstić information content (AvgIpc) is 2.35. The van der Waals surface area contributed by atoms with Gasteiger partial charge in [0.25, 0.3) is 0 Å². The normalized spacial score (nSPS) is 15.7. The van der Waals surface area contributed by atoms with Gasteiger partial charge >= 0.3 is 6.03 Å². The van der Waals surface area contributed by atoms with Crippen LogP contribution in [0.15, 0.2) is 18.2 Å². The number of hydrogen-bond donors (Lipinski definition) is 2. The molecule has 0 aromatic heterocycles. The maximum atomic E-state index is 11.9. The van der Waals surface area contributed by atoms with Crippen LogP contribution in [0.5, 0.6) is 0 Å². The Hall–Kier alpha value is -1.75. The number of carbonyl (C=O) groups is 1. The number of benzene rings is 1. The lowest BCUT2D eigenvalue weighted by Crippen LogP contribution is -2.43. The fourth-order valence-corrected chi connectivity index (χ4v) is 1.73. The van der Waals surface area contributed by atoms with Gasteiger partial charge in [0, 0.05) is 24.5 Å². The maximum absolute atomic E-state index is 11.9. The molecule has 0 unspecified atom stereocenters. The summed E-state index contributed by atoms with van der Waals surface area (Å²) >= 11 is 0. The van der Waals surface area contributed by atoms with Crippen molar-refractivity contribution in [1.82, 2.24) is 4.90 Å². The lowest BCUT2D eigenvalue weighted by Gasteiger charge is -2.27. The van der Waals surface area contributed by atoms with Crippen LogP contribution in [0.3, 0.4) is 0 Å². The Labute approximate surface area is 101 Å². The number of anilines is 2. The van der Waals surface area contributed by atoms with Crippen LogP contribution in [-0.4, -0.2) is 37.2 Å². The Balaban J connectivity index is 2.04. The summed E-state index contributed by atoms with van der Waals surface area (Å²) in [5.74, 6) is 0. The van der Waals surface area contributed by atoms with E-state index in [1.54, 1.807) is 11.0 Å². The largest absolute Gasteiger partial charge is 0.399 e. The van der Waals surface area contributed by atoms with Gasteiger partial charge in [0.05, 0.1) is 13.2 Å². The number of nitrogen functional groups attached to an aromatic ring is 1. The van der Waals surface area contributed by atoms with Gasteiger partial charge in [-0.25, -0.2) is 4.79 Å². The highest BCUT2D eigenvalue weighted by atomic mass is 16.5. The van der Waals surface area contributed by atoms with Crippen LogP contribution in [0, 0.1) is 6.92 Å². The quantitative estimate of drug-likeness (QED) is 0.724. The molecule has 5 nitrogen and oxygen atoms in total. The molecule has 92 valence electrons. The molecule has 2 amide bonds. The molecule has 5 heteroatoms. The fraction of sp³-hybridized carbons (Fsp3) is 0.417. The molecule has 0 spiro atoms. The SMILES string of the molecule is Cc1ccc(N)cc1NC(=O)N1CCOCC1. The van der Waals surface area contributed by atoms with Crippen LogP contribution in [-0.2, 0) is 4.74 Å². The minimum atomic E-state index is -0.0954. The molecule has 1 aromatic rings. The summed E-state index contributed by atoms with van der Waals surface area (Å²) in [4.78, 5) is 13.7. The molecule has 0 bridgehead atoms. The van der Waals surface area contributed by atoms with Gasteiger partial charge in [-0.3, -0.25) is 0 Å². The first kappa shape index (κ1) is 11.7. The van der Waals surface area contributed by atoms with E-state index in [1.807, 2.05) is 19.1 Å². The first-order chi connectivity index (χ1) is 8.16. The summed E-state index contributed by atoms with van der Waals surface area (Å²) in [7, 11) is 0. The molecule has 1 fully saturated rings. The number of hydrogen-bond acceptors (Lipinski definition) is 3. The van der Waals surface area contributed by atoms with Crippen LogP contribution in [0.25, 0.3) is 0 Å². The van der Waals surface area contributed by atoms with E-state index in [9.17, 15) is 4.79 Å². The van der Waals surface area contributed by atoms with Crippen molar-refractivity contribution in [3.8, 4) is 0 Å². The molecular formula is C12H17N3O2. The number of amides is 2. The van der Waals surface area contributed by atoms with E-state index < -0.39 is 0 Å². The van der Waals surface area contributed by atoms with E-state index in [0.29, 0.717) is 32.0 Å².